The molecule has 4 rings (SSSR count). The van der Waals surface area contributed by atoms with E-state index in [4.69, 9.17) is 16.3 Å². The summed E-state index contributed by atoms with van der Waals surface area (Å²) < 4.78 is 7.26. The second-order valence-electron chi connectivity index (χ2n) is 7.10. The summed E-state index contributed by atoms with van der Waals surface area (Å²) in [5.41, 5.74) is 4.21. The molecule has 0 radical (unpaired) electrons. The van der Waals surface area contributed by atoms with Crippen LogP contribution in [0.3, 0.4) is 0 Å². The van der Waals surface area contributed by atoms with Crippen molar-refractivity contribution in [1.82, 2.24) is 14.8 Å². The molecule has 0 saturated heterocycles. The third-order valence-corrected chi connectivity index (χ3v) is 5.43. The van der Waals surface area contributed by atoms with Crippen LogP contribution in [0, 0.1) is 0 Å². The van der Waals surface area contributed by atoms with Crippen molar-refractivity contribution < 1.29 is 9.53 Å². The number of nitrogens with one attached hydrogen (secondary N) is 1. The Kier molecular flexibility index (Phi) is 5.88. The molecular weight excluding hydrogens is 386 g/mol. The first kappa shape index (κ1) is 19.6. The number of fused-ring (bicyclic) bond motifs is 3. The highest BCUT2D eigenvalue weighted by Gasteiger charge is 2.32. The molecule has 2 heterocycles. The van der Waals surface area contributed by atoms with Crippen molar-refractivity contribution in [3.8, 4) is 5.69 Å². The van der Waals surface area contributed by atoms with Gasteiger partial charge >= 0.3 is 6.03 Å². The third kappa shape index (κ3) is 4.02. The van der Waals surface area contributed by atoms with Crippen LogP contribution in [-0.2, 0) is 11.3 Å². The topological polar surface area (TPSA) is 46.5 Å². The van der Waals surface area contributed by atoms with Crippen LogP contribution < -0.4 is 5.32 Å². The van der Waals surface area contributed by atoms with Gasteiger partial charge in [0.25, 0.3) is 0 Å². The highest BCUT2D eigenvalue weighted by molar-refractivity contribution is 6.30. The average molecular weight is 410 g/mol. The van der Waals surface area contributed by atoms with Gasteiger partial charge in [0.05, 0.1) is 18.3 Å². The Morgan fingerprint density at radius 3 is 2.86 bits per heavy atom. The molecule has 5 nitrogen and oxygen atoms in total. The molecule has 0 aliphatic carbocycles. The Morgan fingerprint density at radius 2 is 2.03 bits per heavy atom. The summed E-state index contributed by atoms with van der Waals surface area (Å²) in [6.45, 7) is 1.68. The fourth-order valence-electron chi connectivity index (χ4n) is 3.88. The smallest absolute Gasteiger partial charge is 0.318 e. The first-order valence-corrected chi connectivity index (χ1v) is 10.1. The van der Waals surface area contributed by atoms with Crippen molar-refractivity contribution in [2.24, 2.45) is 0 Å². The second-order valence-corrected chi connectivity index (χ2v) is 7.53. The van der Waals surface area contributed by atoms with E-state index in [2.05, 4.69) is 28.1 Å². The standard InChI is InChI=1S/C23H24ClN3O2/c1-29-14-6-12-25-23(28)27-16-18-7-2-3-10-20(18)26-13-5-11-21(26)22(27)17-8-4-9-19(24)15-17/h2-5,7-11,13,15,22H,6,12,14,16H2,1H3,(H,25,28)/t22-/m1/s1. The third-order valence-electron chi connectivity index (χ3n) is 5.19. The van der Waals surface area contributed by atoms with Gasteiger partial charge in [-0.25, -0.2) is 4.79 Å². The molecule has 0 spiro atoms. The van der Waals surface area contributed by atoms with Crippen molar-refractivity contribution in [3.63, 3.8) is 0 Å². The molecule has 29 heavy (non-hydrogen) atoms. The van der Waals surface area contributed by atoms with Crippen LogP contribution >= 0.6 is 11.6 Å². The predicted octanol–water partition coefficient (Wildman–Crippen LogP) is 4.78. The first-order chi connectivity index (χ1) is 14.2. The lowest BCUT2D eigenvalue weighted by molar-refractivity contribution is 0.174. The molecule has 0 unspecified atom stereocenters. The van der Waals surface area contributed by atoms with Crippen LogP contribution in [0.15, 0.2) is 66.9 Å². The van der Waals surface area contributed by atoms with Gasteiger partial charge in [-0.3, -0.25) is 0 Å². The molecule has 150 valence electrons. The van der Waals surface area contributed by atoms with Gasteiger partial charge in [-0.15, -0.1) is 0 Å². The predicted molar refractivity (Wildman–Crippen MR) is 114 cm³/mol. The van der Waals surface area contributed by atoms with Crippen LogP contribution in [0.4, 0.5) is 4.79 Å². The Labute approximate surface area is 175 Å². The molecule has 2 amide bonds. The molecule has 1 atom stereocenters. The Morgan fingerprint density at radius 1 is 1.17 bits per heavy atom. The number of rotatable bonds is 5. The van der Waals surface area contributed by atoms with Gasteiger partial charge in [0.1, 0.15) is 0 Å². The lowest BCUT2D eigenvalue weighted by Crippen LogP contribution is -2.42. The zero-order valence-corrected chi connectivity index (χ0v) is 17.1. The van der Waals surface area contributed by atoms with E-state index >= 15 is 0 Å². The number of carbonyl (C=O) groups excluding carboxylic acids is 1. The van der Waals surface area contributed by atoms with Gasteiger partial charge in [-0.05, 0) is 47.9 Å². The fraction of sp³-hybridized carbons (Fsp3) is 0.261. The first-order valence-electron chi connectivity index (χ1n) is 9.73. The number of amides is 2. The van der Waals surface area contributed by atoms with Crippen LogP contribution in [0.1, 0.15) is 29.3 Å². The van der Waals surface area contributed by atoms with Gasteiger partial charge in [-0.1, -0.05) is 41.9 Å². The number of methoxy groups -OCH3 is 1. The molecular formula is C23H24ClN3O2. The maximum Gasteiger partial charge on any atom is 0.318 e. The number of para-hydroxylation sites is 1. The summed E-state index contributed by atoms with van der Waals surface area (Å²) in [5, 5.41) is 3.70. The van der Waals surface area contributed by atoms with E-state index in [1.54, 1.807) is 7.11 Å². The fourth-order valence-corrected chi connectivity index (χ4v) is 4.08. The highest BCUT2D eigenvalue weighted by atomic mass is 35.5. The average Bonchev–Trinajstić information content (AvgIpc) is 3.15. The maximum atomic E-state index is 13.3. The van der Waals surface area contributed by atoms with Gasteiger partial charge in [0, 0.05) is 37.2 Å². The van der Waals surface area contributed by atoms with E-state index in [0.717, 1.165) is 28.9 Å². The quantitative estimate of drug-likeness (QED) is 0.616. The number of hydrogen-bond acceptors (Lipinski definition) is 2. The normalized spacial score (nSPS) is 15.4. The van der Waals surface area contributed by atoms with E-state index in [0.29, 0.717) is 24.7 Å². The molecule has 3 aromatic rings. The number of urea groups is 1. The number of carbonyl (C=O) groups is 1. The van der Waals surface area contributed by atoms with Gasteiger partial charge in [-0.2, -0.15) is 0 Å². The summed E-state index contributed by atoms with van der Waals surface area (Å²) in [6.07, 6.45) is 2.82. The maximum absolute atomic E-state index is 13.3. The molecule has 1 aliphatic rings. The van der Waals surface area contributed by atoms with E-state index in [-0.39, 0.29) is 12.1 Å². The highest BCUT2D eigenvalue weighted by Crippen LogP contribution is 2.37. The van der Waals surface area contributed by atoms with E-state index in [1.807, 2.05) is 53.6 Å². The molecule has 0 fully saturated rings. The summed E-state index contributed by atoms with van der Waals surface area (Å²) in [4.78, 5) is 15.1. The van der Waals surface area contributed by atoms with E-state index < -0.39 is 0 Å². The van der Waals surface area contributed by atoms with Gasteiger partial charge in [0.15, 0.2) is 0 Å². The van der Waals surface area contributed by atoms with Crippen molar-refractivity contribution >= 4 is 17.6 Å². The van der Waals surface area contributed by atoms with Crippen LogP contribution in [0.2, 0.25) is 5.02 Å². The molecule has 2 aromatic carbocycles. The summed E-state index contributed by atoms with van der Waals surface area (Å²) in [7, 11) is 1.66. The number of hydrogen-bond donors (Lipinski definition) is 1. The van der Waals surface area contributed by atoms with E-state index in [9.17, 15) is 4.79 Å². The molecule has 1 aliphatic heterocycles. The zero-order chi connectivity index (χ0) is 20.2. The monoisotopic (exact) mass is 409 g/mol. The van der Waals surface area contributed by atoms with Crippen molar-refractivity contribution in [2.45, 2.75) is 19.0 Å². The van der Waals surface area contributed by atoms with Crippen molar-refractivity contribution in [1.29, 1.82) is 0 Å². The molecule has 1 aromatic heterocycles. The number of ether oxygens (including phenoxy) is 1. The molecule has 0 bridgehead atoms. The Bertz CT molecular complexity index is 1000. The minimum absolute atomic E-state index is 0.101. The molecule has 6 heteroatoms. The number of aromatic nitrogens is 1. The SMILES string of the molecule is COCCCNC(=O)N1Cc2ccccc2-n2cccc2[C@H]1c1cccc(Cl)c1. The number of nitrogens with zero attached hydrogens (tertiary/aromatic N) is 2. The Balaban J connectivity index is 1.77. The summed E-state index contributed by atoms with van der Waals surface area (Å²) in [5.74, 6) is 0. The van der Waals surface area contributed by atoms with Crippen LogP contribution in [0.25, 0.3) is 5.69 Å². The minimum atomic E-state index is -0.251. The van der Waals surface area contributed by atoms with Crippen LogP contribution in [0.5, 0.6) is 0 Å². The lowest BCUT2D eigenvalue weighted by Gasteiger charge is -2.31. The zero-order valence-electron chi connectivity index (χ0n) is 16.3. The molecule has 0 saturated carbocycles. The minimum Gasteiger partial charge on any atom is -0.385 e. The van der Waals surface area contributed by atoms with E-state index in [1.165, 1.54) is 0 Å². The molecule has 1 N–H and O–H groups in total. The van der Waals surface area contributed by atoms with Crippen LogP contribution in [-0.4, -0.2) is 35.8 Å². The van der Waals surface area contributed by atoms with Crippen molar-refractivity contribution in [3.05, 3.63) is 88.7 Å². The lowest BCUT2D eigenvalue weighted by atomic mass is 10.0. The summed E-state index contributed by atoms with van der Waals surface area (Å²) in [6, 6.07) is 19.7. The van der Waals surface area contributed by atoms with Gasteiger partial charge < -0.3 is 19.5 Å². The van der Waals surface area contributed by atoms with Crippen molar-refractivity contribution in [2.75, 3.05) is 20.3 Å². The second kappa shape index (κ2) is 8.72. The number of benzene rings is 2. The summed E-state index contributed by atoms with van der Waals surface area (Å²) >= 11 is 6.30. The largest absolute Gasteiger partial charge is 0.385 e. The Hall–Kier alpha value is -2.76. The van der Waals surface area contributed by atoms with Gasteiger partial charge in [0.2, 0.25) is 0 Å². The number of halogens is 1.